The van der Waals surface area contributed by atoms with E-state index in [0.717, 1.165) is 12.8 Å². The highest BCUT2D eigenvalue weighted by Gasteiger charge is 2.32. The number of nitrogens with zero attached hydrogens (tertiary/aromatic N) is 2. The first-order valence-electron chi connectivity index (χ1n) is 6.88. The Hall–Kier alpha value is -0.960. The molecule has 1 saturated heterocycles. The van der Waals surface area contributed by atoms with Crippen LogP contribution in [0.5, 0.6) is 0 Å². The van der Waals surface area contributed by atoms with E-state index in [2.05, 4.69) is 15.5 Å². The minimum absolute atomic E-state index is 0.171. The van der Waals surface area contributed by atoms with Crippen LogP contribution in [0.2, 0.25) is 0 Å². The quantitative estimate of drug-likeness (QED) is 0.790. The van der Waals surface area contributed by atoms with E-state index in [1.165, 1.54) is 4.31 Å². The molecule has 1 aliphatic rings. The fraction of sp³-hybridized carbons (Fsp3) is 0.750. The van der Waals surface area contributed by atoms with Crippen molar-refractivity contribution in [3.8, 4) is 0 Å². The van der Waals surface area contributed by atoms with Gasteiger partial charge in [-0.25, -0.2) is 8.42 Å². The second-order valence-corrected chi connectivity index (χ2v) is 6.69. The zero-order valence-corrected chi connectivity index (χ0v) is 12.7. The molecule has 1 aromatic heterocycles. The van der Waals surface area contributed by atoms with Crippen molar-refractivity contribution in [3.05, 3.63) is 11.8 Å². The molecule has 0 spiro atoms. The highest BCUT2D eigenvalue weighted by Crippen LogP contribution is 2.22. The standard InChI is InChI=1S/C12H22N4O3S/c1-3-19-11-4-6-16(7-5-11)20(17,18)12-10(8-13-2)9-14-15-12/h9,11,13H,3-8H2,1-2H3,(H,14,15). The van der Waals surface area contributed by atoms with E-state index in [0.29, 0.717) is 31.8 Å². The summed E-state index contributed by atoms with van der Waals surface area (Å²) in [5.74, 6) is 0. The fourth-order valence-corrected chi connectivity index (χ4v) is 4.02. The largest absolute Gasteiger partial charge is 0.378 e. The maximum atomic E-state index is 12.6. The molecule has 1 aliphatic heterocycles. The molecular formula is C12H22N4O3S. The van der Waals surface area contributed by atoms with Gasteiger partial charge in [0.15, 0.2) is 5.03 Å². The molecule has 0 radical (unpaired) electrons. The van der Waals surface area contributed by atoms with Gasteiger partial charge in [0.25, 0.3) is 10.0 Å². The van der Waals surface area contributed by atoms with Crippen molar-refractivity contribution in [1.82, 2.24) is 19.8 Å². The topological polar surface area (TPSA) is 87.3 Å². The summed E-state index contributed by atoms with van der Waals surface area (Å²) in [5.41, 5.74) is 0.666. The molecule has 7 nitrogen and oxygen atoms in total. The Bertz CT molecular complexity index is 521. The van der Waals surface area contributed by atoms with Crippen LogP contribution in [0.15, 0.2) is 11.2 Å². The molecule has 0 bridgehead atoms. The van der Waals surface area contributed by atoms with Crippen molar-refractivity contribution in [2.24, 2.45) is 0 Å². The van der Waals surface area contributed by atoms with Gasteiger partial charge in [-0.05, 0) is 26.8 Å². The lowest BCUT2D eigenvalue weighted by molar-refractivity contribution is 0.0289. The molecule has 0 amide bonds. The molecule has 0 aromatic carbocycles. The number of aromatic nitrogens is 2. The number of H-pyrrole nitrogens is 1. The number of rotatable bonds is 6. The molecule has 1 fully saturated rings. The van der Waals surface area contributed by atoms with Crippen molar-refractivity contribution in [1.29, 1.82) is 0 Å². The van der Waals surface area contributed by atoms with Gasteiger partial charge < -0.3 is 10.1 Å². The number of hydrogen-bond acceptors (Lipinski definition) is 5. The average molecular weight is 302 g/mol. The first kappa shape index (κ1) is 15.4. The summed E-state index contributed by atoms with van der Waals surface area (Å²) in [5, 5.41) is 9.61. The monoisotopic (exact) mass is 302 g/mol. The lowest BCUT2D eigenvalue weighted by Gasteiger charge is -2.30. The van der Waals surface area contributed by atoms with Crippen LogP contribution >= 0.6 is 0 Å². The molecule has 0 saturated carbocycles. The summed E-state index contributed by atoms with van der Waals surface area (Å²) in [6.07, 6.45) is 3.20. The van der Waals surface area contributed by atoms with Crippen molar-refractivity contribution in [2.45, 2.75) is 37.4 Å². The molecule has 114 valence electrons. The van der Waals surface area contributed by atoms with E-state index < -0.39 is 10.0 Å². The highest BCUT2D eigenvalue weighted by molar-refractivity contribution is 7.89. The third kappa shape index (κ3) is 3.20. The first-order valence-corrected chi connectivity index (χ1v) is 8.32. The number of ether oxygens (including phenoxy) is 1. The van der Waals surface area contributed by atoms with Crippen molar-refractivity contribution < 1.29 is 13.2 Å². The lowest BCUT2D eigenvalue weighted by Crippen LogP contribution is -2.41. The van der Waals surface area contributed by atoms with Gasteiger partial charge in [-0.3, -0.25) is 5.10 Å². The van der Waals surface area contributed by atoms with E-state index in [1.807, 2.05) is 6.92 Å². The van der Waals surface area contributed by atoms with Gasteiger partial charge in [0, 0.05) is 31.8 Å². The van der Waals surface area contributed by atoms with Crippen LogP contribution in [-0.2, 0) is 21.3 Å². The van der Waals surface area contributed by atoms with Gasteiger partial charge >= 0.3 is 0 Å². The minimum atomic E-state index is -3.49. The molecule has 0 atom stereocenters. The van der Waals surface area contributed by atoms with Gasteiger partial charge in [-0.1, -0.05) is 0 Å². The smallest absolute Gasteiger partial charge is 0.260 e. The van der Waals surface area contributed by atoms with E-state index >= 15 is 0 Å². The number of nitrogens with one attached hydrogen (secondary N) is 2. The molecule has 0 unspecified atom stereocenters. The number of piperidine rings is 1. The van der Waals surface area contributed by atoms with Gasteiger partial charge in [0.05, 0.1) is 12.3 Å². The molecule has 8 heteroatoms. The van der Waals surface area contributed by atoms with Gasteiger partial charge in [0.1, 0.15) is 0 Å². The summed E-state index contributed by atoms with van der Waals surface area (Å²) in [6, 6.07) is 0. The zero-order valence-electron chi connectivity index (χ0n) is 11.9. The van der Waals surface area contributed by atoms with Crippen LogP contribution in [0.4, 0.5) is 0 Å². The summed E-state index contributed by atoms with van der Waals surface area (Å²) < 4.78 is 32.2. The molecule has 1 aromatic rings. The Morgan fingerprint density at radius 1 is 1.50 bits per heavy atom. The molecule has 2 heterocycles. The first-order chi connectivity index (χ1) is 9.59. The second-order valence-electron chi connectivity index (χ2n) is 4.81. The Kier molecular flexibility index (Phi) is 5.14. The number of sulfonamides is 1. The third-order valence-corrected chi connectivity index (χ3v) is 5.36. The second kappa shape index (κ2) is 6.66. The van der Waals surface area contributed by atoms with Crippen molar-refractivity contribution >= 4 is 10.0 Å². The van der Waals surface area contributed by atoms with Crippen LogP contribution in [0.3, 0.4) is 0 Å². The SMILES string of the molecule is CCOC1CCN(S(=O)(=O)c2[nH]ncc2CNC)CC1. The Labute approximate surface area is 119 Å². The summed E-state index contributed by atoms with van der Waals surface area (Å²) >= 11 is 0. The highest BCUT2D eigenvalue weighted by atomic mass is 32.2. The van der Waals surface area contributed by atoms with Gasteiger partial charge in [-0.2, -0.15) is 9.40 Å². The van der Waals surface area contributed by atoms with E-state index in [1.54, 1.807) is 13.2 Å². The van der Waals surface area contributed by atoms with Crippen LogP contribution < -0.4 is 5.32 Å². The zero-order chi connectivity index (χ0) is 14.6. The van der Waals surface area contributed by atoms with Crippen molar-refractivity contribution in [3.63, 3.8) is 0 Å². The van der Waals surface area contributed by atoms with Crippen LogP contribution in [0.25, 0.3) is 0 Å². The maximum Gasteiger partial charge on any atom is 0.260 e. The third-order valence-electron chi connectivity index (χ3n) is 3.45. The van der Waals surface area contributed by atoms with Crippen molar-refractivity contribution in [2.75, 3.05) is 26.7 Å². The summed E-state index contributed by atoms with van der Waals surface area (Å²) in [4.78, 5) is 0. The Balaban J connectivity index is 2.09. The van der Waals surface area contributed by atoms with E-state index in [9.17, 15) is 8.42 Å². The van der Waals surface area contributed by atoms with Gasteiger partial charge in [-0.15, -0.1) is 0 Å². The molecule has 2 rings (SSSR count). The molecule has 0 aliphatic carbocycles. The predicted octanol–water partition coefficient (Wildman–Crippen LogP) is 0.319. The normalized spacial score (nSPS) is 18.5. The average Bonchev–Trinajstić information content (AvgIpc) is 2.89. The van der Waals surface area contributed by atoms with E-state index in [-0.39, 0.29) is 11.1 Å². The number of hydrogen-bond donors (Lipinski definition) is 2. The molecule has 20 heavy (non-hydrogen) atoms. The maximum absolute atomic E-state index is 12.6. The van der Waals surface area contributed by atoms with E-state index in [4.69, 9.17) is 4.74 Å². The van der Waals surface area contributed by atoms with Crippen LogP contribution in [-0.4, -0.2) is 55.8 Å². The predicted molar refractivity (Wildman–Crippen MR) is 74.8 cm³/mol. The van der Waals surface area contributed by atoms with Gasteiger partial charge in [0.2, 0.25) is 0 Å². The molecule has 2 N–H and O–H groups in total. The Morgan fingerprint density at radius 3 is 2.80 bits per heavy atom. The van der Waals surface area contributed by atoms with Crippen LogP contribution in [0.1, 0.15) is 25.3 Å². The Morgan fingerprint density at radius 2 is 2.20 bits per heavy atom. The fourth-order valence-electron chi connectivity index (χ4n) is 2.44. The van der Waals surface area contributed by atoms with Crippen LogP contribution in [0, 0.1) is 0 Å². The minimum Gasteiger partial charge on any atom is -0.378 e. The number of aromatic amines is 1. The summed E-state index contributed by atoms with van der Waals surface area (Å²) in [6.45, 7) is 4.08. The molecular weight excluding hydrogens is 280 g/mol. The lowest BCUT2D eigenvalue weighted by atomic mass is 10.1. The summed E-state index contributed by atoms with van der Waals surface area (Å²) in [7, 11) is -1.72.